The Balaban J connectivity index is 2.83. The van der Waals surface area contributed by atoms with Gasteiger partial charge in [0.1, 0.15) is 24.2 Å². The average Bonchev–Trinajstić information content (AvgIpc) is 3.29. The standard InChI is InChI=1S/C22H39N5O7S/c1-12(2)10-15(25-18(29)13(3)24-19(30)14(23)7-9-35-4)20(31)26-16(11-28)21(32)27-8-5-6-17(27)22(33)34/h12-17,28H,5-11,23H2,1-4H3,(H,24,30)(H,25,29)(H,26,31)(H,33,34)/t13-,14-,15-,16-,17-/m0/s1. The molecule has 0 saturated carbocycles. The maximum Gasteiger partial charge on any atom is 0.326 e. The number of aliphatic hydroxyl groups is 1. The van der Waals surface area contributed by atoms with Gasteiger partial charge in [-0.2, -0.15) is 11.8 Å². The number of carbonyl (C=O) groups excluding carboxylic acids is 4. The predicted octanol–water partition coefficient (Wildman–Crippen LogP) is -1.34. The van der Waals surface area contributed by atoms with Crippen LogP contribution < -0.4 is 21.7 Å². The van der Waals surface area contributed by atoms with Crippen LogP contribution in [0.25, 0.3) is 0 Å². The number of aliphatic carboxylic acids is 1. The van der Waals surface area contributed by atoms with Gasteiger partial charge in [-0.3, -0.25) is 19.2 Å². The van der Waals surface area contributed by atoms with E-state index < -0.39 is 66.4 Å². The molecule has 7 N–H and O–H groups in total. The van der Waals surface area contributed by atoms with Crippen LogP contribution in [0.15, 0.2) is 0 Å². The smallest absolute Gasteiger partial charge is 0.326 e. The largest absolute Gasteiger partial charge is 0.480 e. The topological polar surface area (TPSA) is 191 Å². The maximum atomic E-state index is 13.0. The second-order valence-corrected chi connectivity index (χ2v) is 10.1. The first-order valence-electron chi connectivity index (χ1n) is 11.7. The third-order valence-electron chi connectivity index (χ3n) is 5.68. The Morgan fingerprint density at radius 1 is 1.03 bits per heavy atom. The molecule has 1 fully saturated rings. The molecule has 4 amide bonds. The third-order valence-corrected chi connectivity index (χ3v) is 6.32. The summed E-state index contributed by atoms with van der Waals surface area (Å²) in [5.74, 6) is -2.92. The van der Waals surface area contributed by atoms with Crippen molar-refractivity contribution in [3.63, 3.8) is 0 Å². The molecule has 35 heavy (non-hydrogen) atoms. The lowest BCUT2D eigenvalue weighted by Crippen LogP contribution is -2.59. The van der Waals surface area contributed by atoms with Crippen molar-refractivity contribution < 1.29 is 34.2 Å². The number of carboxylic acids is 1. The zero-order chi connectivity index (χ0) is 26.7. The molecule has 0 aliphatic carbocycles. The fraction of sp³-hybridized carbons (Fsp3) is 0.773. The molecule has 5 atom stereocenters. The second-order valence-electron chi connectivity index (χ2n) is 9.08. The molecule has 0 spiro atoms. The minimum atomic E-state index is -1.35. The second kappa shape index (κ2) is 14.9. The van der Waals surface area contributed by atoms with E-state index in [1.165, 1.54) is 6.92 Å². The van der Waals surface area contributed by atoms with E-state index in [0.29, 0.717) is 25.0 Å². The molecule has 1 rings (SSSR count). The number of likely N-dealkylation sites (tertiary alicyclic amines) is 1. The molecule has 0 aromatic carbocycles. The first-order chi connectivity index (χ1) is 16.4. The quantitative estimate of drug-likeness (QED) is 0.162. The van der Waals surface area contributed by atoms with Crippen LogP contribution in [0.1, 0.15) is 46.5 Å². The molecule has 1 aliphatic rings. The van der Waals surface area contributed by atoms with E-state index in [1.54, 1.807) is 11.8 Å². The highest BCUT2D eigenvalue weighted by Crippen LogP contribution is 2.18. The molecule has 12 nitrogen and oxygen atoms in total. The highest BCUT2D eigenvalue weighted by atomic mass is 32.2. The van der Waals surface area contributed by atoms with Gasteiger partial charge in [0.25, 0.3) is 0 Å². The van der Waals surface area contributed by atoms with Gasteiger partial charge in [-0.05, 0) is 50.5 Å². The van der Waals surface area contributed by atoms with E-state index in [-0.39, 0.29) is 18.9 Å². The van der Waals surface area contributed by atoms with Crippen LogP contribution in [0.4, 0.5) is 0 Å². The third kappa shape index (κ3) is 9.65. The van der Waals surface area contributed by atoms with Gasteiger partial charge in [0.15, 0.2) is 0 Å². The Labute approximate surface area is 210 Å². The van der Waals surface area contributed by atoms with Crippen LogP contribution in [0.5, 0.6) is 0 Å². The van der Waals surface area contributed by atoms with Gasteiger partial charge in [0, 0.05) is 6.54 Å². The van der Waals surface area contributed by atoms with Gasteiger partial charge >= 0.3 is 5.97 Å². The van der Waals surface area contributed by atoms with E-state index in [1.807, 2.05) is 20.1 Å². The summed E-state index contributed by atoms with van der Waals surface area (Å²) < 4.78 is 0. The number of nitrogens with two attached hydrogens (primary N) is 1. The van der Waals surface area contributed by atoms with Crippen molar-refractivity contribution in [2.75, 3.05) is 25.2 Å². The Morgan fingerprint density at radius 3 is 2.20 bits per heavy atom. The number of carbonyl (C=O) groups is 5. The predicted molar refractivity (Wildman–Crippen MR) is 131 cm³/mol. The van der Waals surface area contributed by atoms with Crippen molar-refractivity contribution in [1.29, 1.82) is 0 Å². The highest BCUT2D eigenvalue weighted by Gasteiger charge is 2.38. The summed E-state index contributed by atoms with van der Waals surface area (Å²) in [4.78, 5) is 63.2. The monoisotopic (exact) mass is 517 g/mol. The van der Waals surface area contributed by atoms with E-state index in [0.717, 1.165) is 4.90 Å². The number of amides is 4. The van der Waals surface area contributed by atoms with Crippen LogP contribution in [-0.4, -0.2) is 100 Å². The van der Waals surface area contributed by atoms with Gasteiger partial charge in [-0.15, -0.1) is 0 Å². The molecule has 0 radical (unpaired) electrons. The summed E-state index contributed by atoms with van der Waals surface area (Å²) in [7, 11) is 0. The molecule has 1 aliphatic heterocycles. The molecular weight excluding hydrogens is 478 g/mol. The molecule has 0 bridgehead atoms. The fourth-order valence-electron chi connectivity index (χ4n) is 3.71. The number of nitrogens with one attached hydrogen (secondary N) is 3. The molecule has 0 aromatic rings. The van der Waals surface area contributed by atoms with Gasteiger partial charge in [0.05, 0.1) is 12.6 Å². The van der Waals surface area contributed by atoms with Crippen molar-refractivity contribution in [2.24, 2.45) is 11.7 Å². The molecule has 1 saturated heterocycles. The van der Waals surface area contributed by atoms with Crippen molar-refractivity contribution in [1.82, 2.24) is 20.9 Å². The van der Waals surface area contributed by atoms with Crippen LogP contribution >= 0.6 is 11.8 Å². The molecule has 1 heterocycles. The number of rotatable bonds is 14. The number of nitrogens with zero attached hydrogens (tertiary/aromatic N) is 1. The first kappa shape index (κ1) is 30.7. The zero-order valence-corrected chi connectivity index (χ0v) is 21.6. The Morgan fingerprint density at radius 2 is 1.66 bits per heavy atom. The maximum absolute atomic E-state index is 13.0. The lowest BCUT2D eigenvalue weighted by molar-refractivity contribution is -0.150. The summed E-state index contributed by atoms with van der Waals surface area (Å²) in [6, 6.07) is -5.11. The number of thioether (sulfide) groups is 1. The van der Waals surface area contributed by atoms with Crippen LogP contribution in [0.3, 0.4) is 0 Å². The summed E-state index contributed by atoms with van der Waals surface area (Å²) in [6.45, 7) is 4.65. The summed E-state index contributed by atoms with van der Waals surface area (Å²) >= 11 is 1.55. The normalized spacial score (nSPS) is 18.9. The molecular formula is C22H39N5O7S. The SMILES string of the molecule is CSCC[C@H](N)C(=O)N[C@@H](C)C(=O)N[C@@H](CC(C)C)C(=O)N[C@@H](CO)C(=O)N1CCC[C@H]1C(=O)O. The van der Waals surface area contributed by atoms with Gasteiger partial charge in [-0.25, -0.2) is 4.79 Å². The molecule has 0 aromatic heterocycles. The Bertz CT molecular complexity index is 766. The Hall–Kier alpha value is -2.38. The number of hydrogen-bond donors (Lipinski definition) is 6. The van der Waals surface area contributed by atoms with Crippen LogP contribution in [0, 0.1) is 5.92 Å². The summed E-state index contributed by atoms with van der Waals surface area (Å²) in [5, 5.41) is 26.6. The van der Waals surface area contributed by atoms with Crippen molar-refractivity contribution in [3.05, 3.63) is 0 Å². The van der Waals surface area contributed by atoms with Crippen molar-refractivity contribution in [3.8, 4) is 0 Å². The van der Waals surface area contributed by atoms with E-state index in [9.17, 15) is 34.2 Å². The number of hydrogen-bond acceptors (Lipinski definition) is 8. The van der Waals surface area contributed by atoms with E-state index >= 15 is 0 Å². The van der Waals surface area contributed by atoms with E-state index in [2.05, 4.69) is 16.0 Å². The van der Waals surface area contributed by atoms with Gasteiger partial charge in [0.2, 0.25) is 23.6 Å². The summed E-state index contributed by atoms with van der Waals surface area (Å²) in [6.07, 6.45) is 3.38. The molecule has 200 valence electrons. The number of aliphatic hydroxyl groups excluding tert-OH is 1. The van der Waals surface area contributed by atoms with Gasteiger partial charge < -0.3 is 36.8 Å². The minimum Gasteiger partial charge on any atom is -0.480 e. The van der Waals surface area contributed by atoms with Gasteiger partial charge in [-0.1, -0.05) is 13.8 Å². The number of carboxylic acid groups (broad SMARTS) is 1. The van der Waals surface area contributed by atoms with Crippen molar-refractivity contribution in [2.45, 2.75) is 76.7 Å². The van der Waals surface area contributed by atoms with Crippen LogP contribution in [-0.2, 0) is 24.0 Å². The Kier molecular flexibility index (Phi) is 13.0. The minimum absolute atomic E-state index is 0.00540. The zero-order valence-electron chi connectivity index (χ0n) is 20.8. The van der Waals surface area contributed by atoms with Crippen molar-refractivity contribution >= 4 is 41.4 Å². The fourth-order valence-corrected chi connectivity index (χ4v) is 4.20. The lowest BCUT2D eigenvalue weighted by Gasteiger charge is -2.28. The lowest BCUT2D eigenvalue weighted by atomic mass is 10.0. The van der Waals surface area contributed by atoms with E-state index in [4.69, 9.17) is 5.73 Å². The highest BCUT2D eigenvalue weighted by molar-refractivity contribution is 7.98. The average molecular weight is 518 g/mol. The molecule has 13 heteroatoms. The van der Waals surface area contributed by atoms with Crippen LogP contribution in [0.2, 0.25) is 0 Å². The molecule has 0 unspecified atom stereocenters. The summed E-state index contributed by atoms with van der Waals surface area (Å²) in [5.41, 5.74) is 5.83. The first-order valence-corrected chi connectivity index (χ1v) is 13.1.